The zero-order valence-corrected chi connectivity index (χ0v) is 10.9. The minimum Gasteiger partial charge on any atom is -0.390 e. The summed E-state index contributed by atoms with van der Waals surface area (Å²) in [5, 5.41) is 10.6. The first kappa shape index (κ1) is 13.0. The number of hydrogen-bond donors (Lipinski definition) is 1. The Hall–Kier alpha value is -0.0400. The minimum atomic E-state index is -0.353. The van der Waals surface area contributed by atoms with Gasteiger partial charge in [0, 0.05) is 0 Å². The monoisotopic (exact) mass is 212 g/mol. The summed E-state index contributed by atoms with van der Waals surface area (Å²) < 4.78 is 0. The van der Waals surface area contributed by atoms with Crippen LogP contribution in [0, 0.1) is 17.8 Å². The van der Waals surface area contributed by atoms with Crippen LogP contribution in [-0.4, -0.2) is 10.7 Å². The highest BCUT2D eigenvalue weighted by molar-refractivity contribution is 4.89. The fourth-order valence-corrected chi connectivity index (χ4v) is 3.52. The summed E-state index contributed by atoms with van der Waals surface area (Å²) >= 11 is 0. The van der Waals surface area contributed by atoms with Crippen LogP contribution < -0.4 is 0 Å². The second-order valence-electron chi connectivity index (χ2n) is 5.97. The Morgan fingerprint density at radius 1 is 1.13 bits per heavy atom. The van der Waals surface area contributed by atoms with Gasteiger partial charge in [-0.15, -0.1) is 0 Å². The molecule has 0 bridgehead atoms. The van der Waals surface area contributed by atoms with Gasteiger partial charge in [0.2, 0.25) is 0 Å². The van der Waals surface area contributed by atoms with Crippen LogP contribution in [-0.2, 0) is 0 Å². The molecule has 0 aliphatic heterocycles. The maximum absolute atomic E-state index is 10.6. The van der Waals surface area contributed by atoms with Crippen molar-refractivity contribution in [1.29, 1.82) is 0 Å². The molecule has 0 amide bonds. The van der Waals surface area contributed by atoms with Crippen molar-refractivity contribution in [3.8, 4) is 0 Å². The van der Waals surface area contributed by atoms with Crippen molar-refractivity contribution in [3.63, 3.8) is 0 Å². The largest absolute Gasteiger partial charge is 0.390 e. The van der Waals surface area contributed by atoms with E-state index in [1.54, 1.807) is 0 Å². The molecule has 15 heavy (non-hydrogen) atoms. The van der Waals surface area contributed by atoms with Gasteiger partial charge in [0.1, 0.15) is 0 Å². The van der Waals surface area contributed by atoms with Crippen molar-refractivity contribution in [1.82, 2.24) is 0 Å². The molecule has 1 rings (SSSR count). The van der Waals surface area contributed by atoms with Crippen LogP contribution >= 0.6 is 0 Å². The number of rotatable bonds is 4. The van der Waals surface area contributed by atoms with Gasteiger partial charge in [-0.3, -0.25) is 0 Å². The van der Waals surface area contributed by atoms with Crippen LogP contribution in [0.1, 0.15) is 66.2 Å². The Morgan fingerprint density at radius 3 is 2.00 bits per heavy atom. The zero-order valence-electron chi connectivity index (χ0n) is 10.9. The molecule has 1 aliphatic rings. The average molecular weight is 212 g/mol. The van der Waals surface area contributed by atoms with Gasteiger partial charge in [0.05, 0.1) is 5.60 Å². The smallest absolute Gasteiger partial charge is 0.0655 e. The summed E-state index contributed by atoms with van der Waals surface area (Å²) in [5.74, 6) is 2.12. The molecular weight excluding hydrogens is 184 g/mol. The molecular formula is C14H28O. The first-order valence-corrected chi connectivity index (χ1v) is 6.71. The van der Waals surface area contributed by atoms with E-state index in [2.05, 4.69) is 27.7 Å². The van der Waals surface area contributed by atoms with Gasteiger partial charge >= 0.3 is 0 Å². The van der Waals surface area contributed by atoms with E-state index in [4.69, 9.17) is 0 Å². The fourth-order valence-electron chi connectivity index (χ4n) is 3.52. The quantitative estimate of drug-likeness (QED) is 0.747. The Bertz CT molecular complexity index is 174. The highest BCUT2D eigenvalue weighted by Gasteiger charge is 2.36. The van der Waals surface area contributed by atoms with Crippen molar-refractivity contribution in [2.45, 2.75) is 71.8 Å². The Labute approximate surface area is 95.3 Å². The van der Waals surface area contributed by atoms with E-state index in [0.29, 0.717) is 17.8 Å². The standard InChI is InChI=1S/C14H28O/c1-5-13(6-2)10-14(15)8-11(3)7-12(4)9-14/h11-13,15H,5-10H2,1-4H3. The van der Waals surface area contributed by atoms with Gasteiger partial charge in [-0.25, -0.2) is 0 Å². The van der Waals surface area contributed by atoms with Crippen LogP contribution in [0.15, 0.2) is 0 Å². The summed E-state index contributed by atoms with van der Waals surface area (Å²) in [6, 6.07) is 0. The molecule has 0 heterocycles. The molecule has 0 spiro atoms. The van der Waals surface area contributed by atoms with Crippen molar-refractivity contribution >= 4 is 0 Å². The molecule has 1 N–H and O–H groups in total. The van der Waals surface area contributed by atoms with Crippen LogP contribution in [0.5, 0.6) is 0 Å². The van der Waals surface area contributed by atoms with Crippen molar-refractivity contribution in [2.24, 2.45) is 17.8 Å². The number of hydrogen-bond acceptors (Lipinski definition) is 1. The van der Waals surface area contributed by atoms with Gasteiger partial charge in [-0.2, -0.15) is 0 Å². The Morgan fingerprint density at radius 2 is 1.60 bits per heavy atom. The van der Waals surface area contributed by atoms with Crippen molar-refractivity contribution in [3.05, 3.63) is 0 Å². The van der Waals surface area contributed by atoms with E-state index < -0.39 is 0 Å². The topological polar surface area (TPSA) is 20.2 Å². The molecule has 0 aromatic rings. The van der Waals surface area contributed by atoms with Crippen LogP contribution in [0.3, 0.4) is 0 Å². The van der Waals surface area contributed by atoms with Crippen molar-refractivity contribution in [2.75, 3.05) is 0 Å². The lowest BCUT2D eigenvalue weighted by Crippen LogP contribution is -2.39. The fraction of sp³-hybridized carbons (Fsp3) is 1.00. The first-order valence-electron chi connectivity index (χ1n) is 6.71. The van der Waals surface area contributed by atoms with Crippen LogP contribution in [0.2, 0.25) is 0 Å². The normalized spacial score (nSPS) is 37.2. The lowest BCUT2D eigenvalue weighted by molar-refractivity contribution is -0.0497. The molecule has 0 saturated heterocycles. The first-order chi connectivity index (χ1) is 6.99. The Kier molecular flexibility index (Phi) is 4.64. The molecule has 90 valence electrons. The second kappa shape index (κ2) is 5.34. The van der Waals surface area contributed by atoms with Gasteiger partial charge < -0.3 is 5.11 Å². The summed E-state index contributed by atoms with van der Waals surface area (Å²) in [6.07, 6.45) is 6.78. The van der Waals surface area contributed by atoms with E-state index in [1.807, 2.05) is 0 Å². The van der Waals surface area contributed by atoms with Crippen molar-refractivity contribution < 1.29 is 5.11 Å². The van der Waals surface area contributed by atoms with Gasteiger partial charge in [0.15, 0.2) is 0 Å². The molecule has 1 fully saturated rings. The highest BCUT2D eigenvalue weighted by atomic mass is 16.3. The second-order valence-corrected chi connectivity index (χ2v) is 5.97. The molecule has 2 unspecified atom stereocenters. The van der Waals surface area contributed by atoms with Crippen LogP contribution in [0.4, 0.5) is 0 Å². The van der Waals surface area contributed by atoms with E-state index >= 15 is 0 Å². The molecule has 1 nitrogen and oxygen atoms in total. The van der Waals surface area contributed by atoms with Gasteiger partial charge in [-0.05, 0) is 43.4 Å². The third-order valence-electron chi connectivity index (χ3n) is 4.08. The SMILES string of the molecule is CCC(CC)CC1(O)CC(C)CC(C)C1. The molecule has 0 aromatic carbocycles. The molecule has 0 radical (unpaired) electrons. The average Bonchev–Trinajstić information content (AvgIpc) is 2.12. The van der Waals surface area contributed by atoms with Gasteiger partial charge in [0.25, 0.3) is 0 Å². The summed E-state index contributed by atoms with van der Waals surface area (Å²) in [7, 11) is 0. The molecule has 1 saturated carbocycles. The lowest BCUT2D eigenvalue weighted by Gasteiger charge is -2.40. The summed E-state index contributed by atoms with van der Waals surface area (Å²) in [6.45, 7) is 9.06. The molecule has 1 heteroatoms. The number of aliphatic hydroxyl groups is 1. The molecule has 1 aliphatic carbocycles. The van der Waals surface area contributed by atoms with E-state index in [9.17, 15) is 5.11 Å². The molecule has 0 aromatic heterocycles. The van der Waals surface area contributed by atoms with Gasteiger partial charge in [-0.1, -0.05) is 40.5 Å². The maximum Gasteiger partial charge on any atom is 0.0655 e. The maximum atomic E-state index is 10.6. The predicted octanol–water partition coefficient (Wildman–Crippen LogP) is 4.00. The van der Waals surface area contributed by atoms with E-state index in [1.165, 1.54) is 19.3 Å². The third kappa shape index (κ3) is 3.79. The Balaban J connectivity index is 2.56. The summed E-state index contributed by atoms with van der Waals surface area (Å²) in [4.78, 5) is 0. The zero-order chi connectivity index (χ0) is 11.5. The minimum absolute atomic E-state index is 0.353. The van der Waals surface area contributed by atoms with Crippen LogP contribution in [0.25, 0.3) is 0 Å². The lowest BCUT2D eigenvalue weighted by atomic mass is 9.70. The molecule has 2 atom stereocenters. The van der Waals surface area contributed by atoms with E-state index in [0.717, 1.165) is 19.3 Å². The predicted molar refractivity (Wildman–Crippen MR) is 65.8 cm³/mol. The van der Waals surface area contributed by atoms with E-state index in [-0.39, 0.29) is 5.60 Å². The third-order valence-corrected chi connectivity index (χ3v) is 4.08. The highest BCUT2D eigenvalue weighted by Crippen LogP contribution is 2.40. The summed E-state index contributed by atoms with van der Waals surface area (Å²) in [5.41, 5.74) is -0.353.